The Labute approximate surface area is 177 Å². The molecule has 1 saturated heterocycles. The lowest BCUT2D eigenvalue weighted by atomic mass is 10.0. The number of hydrogen-bond donors (Lipinski definition) is 0. The summed E-state index contributed by atoms with van der Waals surface area (Å²) in [7, 11) is 0. The Kier molecular flexibility index (Phi) is 6.45. The van der Waals surface area contributed by atoms with Crippen LogP contribution in [0, 0.1) is 12.8 Å². The zero-order valence-electron chi connectivity index (χ0n) is 17.6. The molecule has 1 aliphatic carbocycles. The second kappa shape index (κ2) is 9.41. The Morgan fingerprint density at radius 1 is 1.07 bits per heavy atom. The highest BCUT2D eigenvalue weighted by Crippen LogP contribution is 2.32. The van der Waals surface area contributed by atoms with Gasteiger partial charge in [-0.1, -0.05) is 48.3 Å². The summed E-state index contributed by atoms with van der Waals surface area (Å²) in [5.74, 6) is 1.44. The third-order valence-corrected chi connectivity index (χ3v) is 6.30. The molecule has 160 valence electrons. The van der Waals surface area contributed by atoms with E-state index in [0.29, 0.717) is 44.2 Å². The van der Waals surface area contributed by atoms with Crippen molar-refractivity contribution in [3.8, 4) is 0 Å². The van der Waals surface area contributed by atoms with Gasteiger partial charge in [0.05, 0.1) is 0 Å². The molecule has 1 aliphatic heterocycles. The summed E-state index contributed by atoms with van der Waals surface area (Å²) in [6.07, 6.45) is 5.95. The van der Waals surface area contributed by atoms with Crippen LogP contribution in [0.2, 0.25) is 0 Å². The molecule has 7 nitrogen and oxygen atoms in total. The third-order valence-electron chi connectivity index (χ3n) is 6.30. The van der Waals surface area contributed by atoms with Crippen LogP contribution in [0.15, 0.2) is 34.9 Å². The SMILES string of the molecule is Cc1noc(C2CCN(C(=O)CCc3ccccc3)CCN2C(=O)C2CCCC2)n1. The van der Waals surface area contributed by atoms with Crippen molar-refractivity contribution in [1.82, 2.24) is 19.9 Å². The molecule has 4 rings (SSSR count). The molecule has 2 heterocycles. The van der Waals surface area contributed by atoms with Crippen LogP contribution in [0.5, 0.6) is 0 Å². The van der Waals surface area contributed by atoms with Crippen molar-refractivity contribution in [3.05, 3.63) is 47.6 Å². The van der Waals surface area contributed by atoms with Crippen LogP contribution >= 0.6 is 0 Å². The highest BCUT2D eigenvalue weighted by atomic mass is 16.5. The maximum Gasteiger partial charge on any atom is 0.249 e. The maximum absolute atomic E-state index is 13.3. The lowest BCUT2D eigenvalue weighted by Gasteiger charge is -2.29. The molecule has 30 heavy (non-hydrogen) atoms. The van der Waals surface area contributed by atoms with Gasteiger partial charge >= 0.3 is 0 Å². The van der Waals surface area contributed by atoms with Crippen molar-refractivity contribution in [2.24, 2.45) is 5.92 Å². The molecule has 1 aromatic carbocycles. The Morgan fingerprint density at radius 2 is 1.83 bits per heavy atom. The number of hydrogen-bond acceptors (Lipinski definition) is 5. The summed E-state index contributed by atoms with van der Waals surface area (Å²) >= 11 is 0. The molecule has 0 radical (unpaired) electrons. The van der Waals surface area contributed by atoms with Crippen LogP contribution in [0.1, 0.15) is 61.8 Å². The predicted octanol–water partition coefficient (Wildman–Crippen LogP) is 3.30. The zero-order chi connectivity index (χ0) is 20.9. The Hall–Kier alpha value is -2.70. The molecule has 0 N–H and O–H groups in total. The van der Waals surface area contributed by atoms with Crippen LogP contribution < -0.4 is 0 Å². The molecule has 0 spiro atoms. The van der Waals surface area contributed by atoms with Gasteiger partial charge in [-0.05, 0) is 38.2 Å². The Balaban J connectivity index is 1.45. The van der Waals surface area contributed by atoms with Crippen molar-refractivity contribution in [2.75, 3.05) is 19.6 Å². The van der Waals surface area contributed by atoms with E-state index in [1.807, 2.05) is 40.1 Å². The van der Waals surface area contributed by atoms with Gasteiger partial charge in [0.2, 0.25) is 17.7 Å². The molecule has 2 aliphatic rings. The van der Waals surface area contributed by atoms with Crippen molar-refractivity contribution < 1.29 is 14.1 Å². The minimum atomic E-state index is -0.258. The minimum Gasteiger partial charge on any atom is -0.341 e. The monoisotopic (exact) mass is 410 g/mol. The van der Waals surface area contributed by atoms with E-state index in [1.54, 1.807) is 6.92 Å². The van der Waals surface area contributed by atoms with Crippen molar-refractivity contribution in [2.45, 2.75) is 57.9 Å². The number of carbonyl (C=O) groups excluding carboxylic acids is 2. The molecule has 2 fully saturated rings. The van der Waals surface area contributed by atoms with Gasteiger partial charge in [-0.15, -0.1) is 0 Å². The topological polar surface area (TPSA) is 79.5 Å². The first kappa shape index (κ1) is 20.6. The summed E-state index contributed by atoms with van der Waals surface area (Å²) in [5, 5.41) is 3.93. The molecular formula is C23H30N4O3. The van der Waals surface area contributed by atoms with Crippen LogP contribution in [-0.4, -0.2) is 51.4 Å². The quantitative estimate of drug-likeness (QED) is 0.756. The van der Waals surface area contributed by atoms with Gasteiger partial charge < -0.3 is 14.3 Å². The fourth-order valence-corrected chi connectivity index (χ4v) is 4.61. The fraction of sp³-hybridized carbons (Fsp3) is 0.565. The summed E-state index contributed by atoms with van der Waals surface area (Å²) in [4.78, 5) is 34.3. The van der Waals surface area contributed by atoms with Gasteiger partial charge in [0.15, 0.2) is 5.82 Å². The maximum atomic E-state index is 13.3. The van der Waals surface area contributed by atoms with E-state index in [-0.39, 0.29) is 23.8 Å². The first-order valence-corrected chi connectivity index (χ1v) is 11.0. The molecule has 2 aromatic rings. The normalized spacial score (nSPS) is 20.4. The summed E-state index contributed by atoms with van der Waals surface area (Å²) in [6.45, 7) is 3.44. The minimum absolute atomic E-state index is 0.0804. The number of aromatic nitrogens is 2. The van der Waals surface area contributed by atoms with Crippen molar-refractivity contribution in [3.63, 3.8) is 0 Å². The van der Waals surface area contributed by atoms with E-state index in [4.69, 9.17) is 4.52 Å². The van der Waals surface area contributed by atoms with Gasteiger partial charge in [-0.3, -0.25) is 9.59 Å². The summed E-state index contributed by atoms with van der Waals surface area (Å²) in [6, 6.07) is 9.81. The lowest BCUT2D eigenvalue weighted by molar-refractivity contribution is -0.138. The molecule has 1 aromatic heterocycles. The number of aryl methyl sites for hydroxylation is 2. The first-order chi connectivity index (χ1) is 14.6. The molecule has 7 heteroatoms. The van der Waals surface area contributed by atoms with E-state index in [1.165, 1.54) is 0 Å². The van der Waals surface area contributed by atoms with E-state index in [2.05, 4.69) is 10.1 Å². The number of carbonyl (C=O) groups is 2. The number of rotatable bonds is 5. The van der Waals surface area contributed by atoms with Gasteiger partial charge in [0.1, 0.15) is 6.04 Å². The standard InChI is InChI=1S/C23H30N4O3/c1-17-24-22(30-25-17)20-13-14-26(21(28)12-11-18-7-3-2-4-8-18)15-16-27(20)23(29)19-9-5-6-10-19/h2-4,7-8,19-20H,5-6,9-16H2,1H3. The molecule has 2 amide bonds. The molecule has 0 bridgehead atoms. The van der Waals surface area contributed by atoms with Gasteiger partial charge in [-0.2, -0.15) is 4.98 Å². The molecule has 1 atom stereocenters. The summed E-state index contributed by atoms with van der Waals surface area (Å²) in [5.41, 5.74) is 1.16. The Bertz CT molecular complexity index is 860. The number of amides is 2. The molecule has 1 unspecified atom stereocenters. The van der Waals surface area contributed by atoms with Crippen LogP contribution in [0.3, 0.4) is 0 Å². The second-order valence-electron chi connectivity index (χ2n) is 8.36. The average molecular weight is 411 g/mol. The first-order valence-electron chi connectivity index (χ1n) is 11.0. The van der Waals surface area contributed by atoms with Gasteiger partial charge in [-0.25, -0.2) is 0 Å². The highest BCUT2D eigenvalue weighted by molar-refractivity contribution is 5.80. The predicted molar refractivity (Wildman–Crippen MR) is 111 cm³/mol. The third kappa shape index (κ3) is 4.71. The number of nitrogens with zero attached hydrogens (tertiary/aromatic N) is 4. The fourth-order valence-electron chi connectivity index (χ4n) is 4.61. The van der Waals surface area contributed by atoms with Crippen LogP contribution in [0.25, 0.3) is 0 Å². The molecular weight excluding hydrogens is 380 g/mol. The smallest absolute Gasteiger partial charge is 0.249 e. The van der Waals surface area contributed by atoms with E-state index >= 15 is 0 Å². The number of benzene rings is 1. The van der Waals surface area contributed by atoms with E-state index in [0.717, 1.165) is 37.7 Å². The largest absolute Gasteiger partial charge is 0.341 e. The van der Waals surface area contributed by atoms with E-state index < -0.39 is 0 Å². The lowest BCUT2D eigenvalue weighted by Crippen LogP contribution is -2.41. The molecule has 1 saturated carbocycles. The Morgan fingerprint density at radius 3 is 2.53 bits per heavy atom. The second-order valence-corrected chi connectivity index (χ2v) is 8.36. The average Bonchev–Trinajstić information content (AvgIpc) is 3.40. The van der Waals surface area contributed by atoms with Gasteiger partial charge in [0.25, 0.3) is 0 Å². The van der Waals surface area contributed by atoms with E-state index in [9.17, 15) is 9.59 Å². The highest BCUT2D eigenvalue weighted by Gasteiger charge is 2.37. The van der Waals surface area contributed by atoms with Gasteiger partial charge in [0, 0.05) is 32.0 Å². The summed E-state index contributed by atoms with van der Waals surface area (Å²) < 4.78 is 5.44. The van der Waals surface area contributed by atoms with Crippen molar-refractivity contribution in [1.29, 1.82) is 0 Å². The van der Waals surface area contributed by atoms with Crippen molar-refractivity contribution >= 4 is 11.8 Å². The van der Waals surface area contributed by atoms with Crippen LogP contribution in [-0.2, 0) is 16.0 Å². The zero-order valence-corrected chi connectivity index (χ0v) is 17.6. The van der Waals surface area contributed by atoms with Crippen LogP contribution in [0.4, 0.5) is 0 Å².